The van der Waals surface area contributed by atoms with Crippen LogP contribution in [-0.4, -0.2) is 17.9 Å². The largest absolute Gasteiger partial charge is 0.337 e. The van der Waals surface area contributed by atoms with Gasteiger partial charge in [-0.3, -0.25) is 4.79 Å². The molecule has 0 N–H and O–H groups in total. The Kier molecular flexibility index (Phi) is 4.35. The minimum Gasteiger partial charge on any atom is -0.337 e. The van der Waals surface area contributed by atoms with E-state index >= 15 is 0 Å². The molecule has 0 aromatic heterocycles. The third kappa shape index (κ3) is 3.14. The van der Waals surface area contributed by atoms with Gasteiger partial charge in [-0.2, -0.15) is 0 Å². The zero-order valence-electron chi connectivity index (χ0n) is 10.7. The van der Waals surface area contributed by atoms with Crippen LogP contribution in [0.15, 0.2) is 42.5 Å². The second kappa shape index (κ2) is 6.01. The highest BCUT2D eigenvalue weighted by Crippen LogP contribution is 2.16. The number of hydrogen-bond acceptors (Lipinski definition) is 1. The highest BCUT2D eigenvalue weighted by atomic mass is 35.5. The number of hydrogen-bond donors (Lipinski definition) is 0. The molecule has 1 amide bonds. The van der Waals surface area contributed by atoms with Gasteiger partial charge in [0.2, 0.25) is 0 Å². The number of nitrogens with zero attached hydrogens (tertiary/aromatic N) is 1. The molecule has 104 valence electrons. The summed E-state index contributed by atoms with van der Waals surface area (Å²) < 4.78 is 26.7. The molecule has 0 bridgehead atoms. The number of halogens is 3. The van der Waals surface area contributed by atoms with Crippen molar-refractivity contribution in [2.24, 2.45) is 0 Å². The highest BCUT2D eigenvalue weighted by molar-refractivity contribution is 6.30. The van der Waals surface area contributed by atoms with E-state index < -0.39 is 17.5 Å². The predicted molar refractivity (Wildman–Crippen MR) is 73.6 cm³/mol. The maximum atomic E-state index is 13.6. The minimum absolute atomic E-state index is 0.276. The lowest BCUT2D eigenvalue weighted by atomic mass is 10.1. The molecule has 2 nitrogen and oxygen atoms in total. The summed E-state index contributed by atoms with van der Waals surface area (Å²) in [7, 11) is 1.53. The predicted octanol–water partition coefficient (Wildman–Crippen LogP) is 3.89. The monoisotopic (exact) mass is 295 g/mol. The van der Waals surface area contributed by atoms with Crippen molar-refractivity contribution in [3.05, 3.63) is 70.2 Å². The summed E-state index contributed by atoms with van der Waals surface area (Å²) in [6.45, 7) is 0.284. The van der Waals surface area contributed by atoms with Crippen molar-refractivity contribution >= 4 is 17.5 Å². The normalized spacial score (nSPS) is 10.4. The molecule has 0 saturated heterocycles. The molecule has 0 aliphatic carbocycles. The maximum absolute atomic E-state index is 13.6. The molecule has 20 heavy (non-hydrogen) atoms. The van der Waals surface area contributed by atoms with E-state index in [9.17, 15) is 13.6 Å². The Labute approximate surface area is 120 Å². The van der Waals surface area contributed by atoms with E-state index in [1.165, 1.54) is 24.1 Å². The van der Waals surface area contributed by atoms with E-state index in [0.717, 1.165) is 11.6 Å². The second-order valence-corrected chi connectivity index (χ2v) is 4.83. The molecule has 2 aromatic carbocycles. The van der Waals surface area contributed by atoms with Gasteiger partial charge in [0.25, 0.3) is 5.91 Å². The van der Waals surface area contributed by atoms with Crippen LogP contribution < -0.4 is 0 Å². The van der Waals surface area contributed by atoms with Crippen LogP contribution in [-0.2, 0) is 6.54 Å². The first kappa shape index (κ1) is 14.5. The second-order valence-electron chi connectivity index (χ2n) is 4.39. The van der Waals surface area contributed by atoms with Gasteiger partial charge in [-0.1, -0.05) is 29.8 Å². The maximum Gasteiger partial charge on any atom is 0.256 e. The minimum atomic E-state index is -1.12. The molecular weight excluding hydrogens is 284 g/mol. The Morgan fingerprint density at radius 3 is 2.45 bits per heavy atom. The molecule has 2 aromatic rings. The van der Waals surface area contributed by atoms with Crippen molar-refractivity contribution in [1.29, 1.82) is 0 Å². The summed E-state index contributed by atoms with van der Waals surface area (Å²) in [6, 6.07) is 10.5. The van der Waals surface area contributed by atoms with Crippen LogP contribution in [0.1, 0.15) is 15.9 Å². The van der Waals surface area contributed by atoms with Crippen LogP contribution in [0.3, 0.4) is 0 Å². The SMILES string of the molecule is CN(Cc1ccc(Cl)cc1)C(=O)c1cccc(F)c1F. The Hall–Kier alpha value is -1.94. The van der Waals surface area contributed by atoms with Crippen molar-refractivity contribution in [2.75, 3.05) is 7.05 Å². The highest BCUT2D eigenvalue weighted by Gasteiger charge is 2.18. The summed E-state index contributed by atoms with van der Waals surface area (Å²) in [4.78, 5) is 13.4. The summed E-state index contributed by atoms with van der Waals surface area (Å²) >= 11 is 5.77. The number of benzene rings is 2. The van der Waals surface area contributed by atoms with E-state index in [1.807, 2.05) is 0 Å². The molecule has 0 aliphatic heterocycles. The molecule has 0 fully saturated rings. The molecule has 0 radical (unpaired) electrons. The fourth-order valence-corrected chi connectivity index (χ4v) is 1.94. The molecule has 2 rings (SSSR count). The van der Waals surface area contributed by atoms with E-state index in [-0.39, 0.29) is 12.1 Å². The first-order valence-corrected chi connectivity index (χ1v) is 6.31. The van der Waals surface area contributed by atoms with Gasteiger partial charge >= 0.3 is 0 Å². The number of rotatable bonds is 3. The smallest absolute Gasteiger partial charge is 0.256 e. The Balaban J connectivity index is 2.16. The summed E-state index contributed by atoms with van der Waals surface area (Å²) in [5.74, 6) is -2.73. The van der Waals surface area contributed by atoms with Crippen molar-refractivity contribution in [3.63, 3.8) is 0 Å². The molecule has 0 aliphatic rings. The lowest BCUT2D eigenvalue weighted by molar-refractivity contribution is 0.0779. The molecular formula is C15H12ClF2NO. The standard InChI is InChI=1S/C15H12ClF2NO/c1-19(9-10-5-7-11(16)8-6-10)15(20)12-3-2-4-13(17)14(12)18/h2-8H,9H2,1H3. The van der Waals surface area contributed by atoms with Crippen molar-refractivity contribution in [3.8, 4) is 0 Å². The van der Waals surface area contributed by atoms with Crippen LogP contribution >= 0.6 is 11.6 Å². The van der Waals surface area contributed by atoms with Crippen LogP contribution in [0.2, 0.25) is 5.02 Å². The van der Waals surface area contributed by atoms with Crippen molar-refractivity contribution in [2.45, 2.75) is 6.54 Å². The van der Waals surface area contributed by atoms with Gasteiger partial charge in [0.05, 0.1) is 5.56 Å². The van der Waals surface area contributed by atoms with E-state index in [4.69, 9.17) is 11.6 Å². The Morgan fingerprint density at radius 1 is 1.15 bits per heavy atom. The quantitative estimate of drug-likeness (QED) is 0.841. The third-order valence-electron chi connectivity index (χ3n) is 2.86. The van der Waals surface area contributed by atoms with Crippen LogP contribution in [0, 0.1) is 11.6 Å². The Bertz CT molecular complexity index is 628. The van der Waals surface area contributed by atoms with Crippen LogP contribution in [0.5, 0.6) is 0 Å². The topological polar surface area (TPSA) is 20.3 Å². The number of carbonyl (C=O) groups excluding carboxylic acids is 1. The molecule has 5 heteroatoms. The van der Waals surface area contributed by atoms with Gasteiger partial charge in [0.15, 0.2) is 11.6 Å². The molecule has 0 spiro atoms. The van der Waals surface area contributed by atoms with Gasteiger partial charge in [-0.25, -0.2) is 8.78 Å². The van der Waals surface area contributed by atoms with Crippen molar-refractivity contribution in [1.82, 2.24) is 4.90 Å². The first-order chi connectivity index (χ1) is 9.49. The molecule has 0 atom stereocenters. The van der Waals surface area contributed by atoms with Gasteiger partial charge in [0, 0.05) is 18.6 Å². The van der Waals surface area contributed by atoms with E-state index in [0.29, 0.717) is 5.02 Å². The van der Waals surface area contributed by atoms with Gasteiger partial charge in [-0.05, 0) is 29.8 Å². The summed E-state index contributed by atoms with van der Waals surface area (Å²) in [6.07, 6.45) is 0. The lowest BCUT2D eigenvalue weighted by Gasteiger charge is -2.17. The van der Waals surface area contributed by atoms with Gasteiger partial charge in [0.1, 0.15) is 0 Å². The zero-order valence-corrected chi connectivity index (χ0v) is 11.5. The molecule has 0 saturated carbocycles. The Morgan fingerprint density at radius 2 is 1.80 bits per heavy atom. The van der Waals surface area contributed by atoms with Gasteiger partial charge < -0.3 is 4.90 Å². The van der Waals surface area contributed by atoms with Crippen LogP contribution in [0.25, 0.3) is 0 Å². The lowest BCUT2D eigenvalue weighted by Crippen LogP contribution is -2.27. The molecule has 0 heterocycles. The zero-order chi connectivity index (χ0) is 14.7. The average molecular weight is 296 g/mol. The number of amides is 1. The first-order valence-electron chi connectivity index (χ1n) is 5.93. The van der Waals surface area contributed by atoms with E-state index in [2.05, 4.69) is 0 Å². The van der Waals surface area contributed by atoms with Gasteiger partial charge in [-0.15, -0.1) is 0 Å². The van der Waals surface area contributed by atoms with E-state index in [1.54, 1.807) is 24.3 Å². The fourth-order valence-electron chi connectivity index (χ4n) is 1.81. The summed E-state index contributed by atoms with van der Waals surface area (Å²) in [5.41, 5.74) is 0.573. The summed E-state index contributed by atoms with van der Waals surface area (Å²) in [5, 5.41) is 0.596. The average Bonchev–Trinajstić information content (AvgIpc) is 2.43. The number of carbonyl (C=O) groups is 1. The fraction of sp³-hybridized carbons (Fsp3) is 0.133. The third-order valence-corrected chi connectivity index (χ3v) is 3.11. The molecule has 0 unspecified atom stereocenters. The van der Waals surface area contributed by atoms with Crippen LogP contribution in [0.4, 0.5) is 8.78 Å². The van der Waals surface area contributed by atoms with Crippen molar-refractivity contribution < 1.29 is 13.6 Å².